The second-order valence-electron chi connectivity index (χ2n) is 5.58. The minimum absolute atomic E-state index is 0.172. The van der Waals surface area contributed by atoms with E-state index >= 15 is 0 Å². The molecule has 1 N–H and O–H groups in total. The fourth-order valence-corrected chi connectivity index (χ4v) is 2.79. The standard InChI is InChI=1S/C18H21NO2/c1-13(12-20-2)11-19-18-14-7-3-5-9-16(14)21-17-10-6-4-8-15(17)18/h3-10,13,18-19H,11-12H2,1-2H3. The maximum absolute atomic E-state index is 6.00. The van der Waals surface area contributed by atoms with Crippen LogP contribution in [0.4, 0.5) is 0 Å². The number of methoxy groups -OCH3 is 1. The van der Waals surface area contributed by atoms with Gasteiger partial charge in [-0.25, -0.2) is 0 Å². The molecular formula is C18H21NO2. The molecule has 1 aliphatic rings. The van der Waals surface area contributed by atoms with Crippen LogP contribution in [0.5, 0.6) is 11.5 Å². The quantitative estimate of drug-likeness (QED) is 0.906. The molecule has 2 aromatic carbocycles. The lowest BCUT2D eigenvalue weighted by Gasteiger charge is -2.29. The van der Waals surface area contributed by atoms with Gasteiger partial charge in [0.1, 0.15) is 11.5 Å². The van der Waals surface area contributed by atoms with Gasteiger partial charge in [0, 0.05) is 31.4 Å². The van der Waals surface area contributed by atoms with Crippen molar-refractivity contribution in [3.8, 4) is 11.5 Å². The highest BCUT2D eigenvalue weighted by atomic mass is 16.5. The molecule has 110 valence electrons. The number of hydrogen-bond acceptors (Lipinski definition) is 3. The number of nitrogens with one attached hydrogen (secondary N) is 1. The van der Waals surface area contributed by atoms with E-state index in [0.717, 1.165) is 24.7 Å². The lowest BCUT2D eigenvalue weighted by atomic mass is 9.94. The molecule has 1 aliphatic heterocycles. The van der Waals surface area contributed by atoms with E-state index in [4.69, 9.17) is 9.47 Å². The van der Waals surface area contributed by atoms with Crippen LogP contribution in [0.25, 0.3) is 0 Å². The summed E-state index contributed by atoms with van der Waals surface area (Å²) in [7, 11) is 1.75. The molecule has 0 amide bonds. The van der Waals surface area contributed by atoms with Gasteiger partial charge in [-0.1, -0.05) is 43.3 Å². The number of ether oxygens (including phenoxy) is 2. The highest BCUT2D eigenvalue weighted by Crippen LogP contribution is 2.42. The Morgan fingerprint density at radius 3 is 2.19 bits per heavy atom. The van der Waals surface area contributed by atoms with Crippen LogP contribution >= 0.6 is 0 Å². The van der Waals surface area contributed by atoms with E-state index in [1.165, 1.54) is 11.1 Å². The first-order valence-corrected chi connectivity index (χ1v) is 7.37. The molecule has 21 heavy (non-hydrogen) atoms. The van der Waals surface area contributed by atoms with Gasteiger partial charge in [0.15, 0.2) is 0 Å². The summed E-state index contributed by atoms with van der Waals surface area (Å²) < 4.78 is 11.2. The van der Waals surface area contributed by atoms with Crippen molar-refractivity contribution in [2.45, 2.75) is 13.0 Å². The predicted octanol–water partition coefficient (Wildman–Crippen LogP) is 3.75. The summed E-state index contributed by atoms with van der Waals surface area (Å²) in [6.07, 6.45) is 0. The molecule has 0 radical (unpaired) electrons. The monoisotopic (exact) mass is 283 g/mol. The van der Waals surface area contributed by atoms with Crippen LogP contribution in [-0.2, 0) is 4.74 Å². The van der Waals surface area contributed by atoms with Crippen LogP contribution < -0.4 is 10.1 Å². The van der Waals surface area contributed by atoms with Crippen molar-refractivity contribution in [3.63, 3.8) is 0 Å². The van der Waals surface area contributed by atoms with Crippen LogP contribution in [-0.4, -0.2) is 20.3 Å². The maximum atomic E-state index is 6.00. The van der Waals surface area contributed by atoms with E-state index in [1.807, 2.05) is 24.3 Å². The normalized spacial score (nSPS) is 15.0. The van der Waals surface area contributed by atoms with Gasteiger partial charge in [-0.05, 0) is 18.1 Å². The summed E-state index contributed by atoms with van der Waals surface area (Å²) in [5.41, 5.74) is 2.39. The molecule has 0 aliphatic carbocycles. The minimum atomic E-state index is 0.172. The van der Waals surface area contributed by atoms with Crippen molar-refractivity contribution >= 4 is 0 Å². The van der Waals surface area contributed by atoms with Gasteiger partial charge < -0.3 is 14.8 Å². The summed E-state index contributed by atoms with van der Waals surface area (Å²) in [6, 6.07) is 16.6. The molecule has 2 aromatic rings. The highest BCUT2D eigenvalue weighted by molar-refractivity contribution is 5.52. The van der Waals surface area contributed by atoms with Crippen LogP contribution in [0, 0.1) is 5.92 Å². The Balaban J connectivity index is 1.88. The Morgan fingerprint density at radius 1 is 1.05 bits per heavy atom. The van der Waals surface area contributed by atoms with Gasteiger partial charge in [-0.3, -0.25) is 0 Å². The number of benzene rings is 2. The van der Waals surface area contributed by atoms with Gasteiger partial charge in [-0.15, -0.1) is 0 Å². The summed E-state index contributed by atoms with van der Waals surface area (Å²) in [4.78, 5) is 0. The van der Waals surface area contributed by atoms with Crippen LogP contribution in [0.3, 0.4) is 0 Å². The van der Waals surface area contributed by atoms with Gasteiger partial charge in [0.05, 0.1) is 6.04 Å². The molecule has 0 fully saturated rings. The van der Waals surface area contributed by atoms with Crippen molar-refractivity contribution in [1.82, 2.24) is 5.32 Å². The Hall–Kier alpha value is -1.84. The Bertz CT molecular complexity index is 566. The Labute approximate surface area is 125 Å². The van der Waals surface area contributed by atoms with Crippen LogP contribution in [0.1, 0.15) is 24.1 Å². The zero-order chi connectivity index (χ0) is 14.7. The van der Waals surface area contributed by atoms with Gasteiger partial charge in [0.25, 0.3) is 0 Å². The van der Waals surface area contributed by atoms with Gasteiger partial charge in [0.2, 0.25) is 0 Å². The first-order chi connectivity index (χ1) is 10.3. The topological polar surface area (TPSA) is 30.5 Å². The first-order valence-electron chi connectivity index (χ1n) is 7.37. The Morgan fingerprint density at radius 2 is 1.62 bits per heavy atom. The summed E-state index contributed by atoms with van der Waals surface area (Å²) in [6.45, 7) is 3.86. The van der Waals surface area contributed by atoms with Gasteiger partial charge in [-0.2, -0.15) is 0 Å². The highest BCUT2D eigenvalue weighted by Gasteiger charge is 2.26. The molecule has 3 nitrogen and oxygen atoms in total. The lowest BCUT2D eigenvalue weighted by Crippen LogP contribution is -2.30. The lowest BCUT2D eigenvalue weighted by molar-refractivity contribution is 0.157. The van der Waals surface area contributed by atoms with Crippen molar-refractivity contribution in [3.05, 3.63) is 59.7 Å². The predicted molar refractivity (Wildman–Crippen MR) is 83.8 cm³/mol. The SMILES string of the molecule is COCC(C)CNC1c2ccccc2Oc2ccccc21. The molecule has 0 aromatic heterocycles. The summed E-state index contributed by atoms with van der Waals surface area (Å²) in [5.74, 6) is 2.35. The van der Waals surface area contributed by atoms with E-state index < -0.39 is 0 Å². The number of hydrogen-bond donors (Lipinski definition) is 1. The second kappa shape index (κ2) is 6.29. The number of fused-ring (bicyclic) bond motifs is 2. The zero-order valence-electron chi connectivity index (χ0n) is 12.5. The second-order valence-corrected chi connectivity index (χ2v) is 5.58. The molecule has 0 spiro atoms. The van der Waals surface area contributed by atoms with Crippen LogP contribution in [0.15, 0.2) is 48.5 Å². The fraction of sp³-hybridized carbons (Fsp3) is 0.333. The third kappa shape index (κ3) is 2.94. The first kappa shape index (κ1) is 14.1. The van der Waals surface area contributed by atoms with Crippen LogP contribution in [0.2, 0.25) is 0 Å². The molecule has 1 heterocycles. The molecule has 3 rings (SSSR count). The van der Waals surface area contributed by atoms with Crippen molar-refractivity contribution in [1.29, 1.82) is 0 Å². The largest absolute Gasteiger partial charge is 0.457 e. The van der Waals surface area contributed by atoms with E-state index in [9.17, 15) is 0 Å². The Kier molecular flexibility index (Phi) is 4.23. The number of para-hydroxylation sites is 2. The maximum Gasteiger partial charge on any atom is 0.132 e. The average Bonchev–Trinajstić information content (AvgIpc) is 2.51. The molecule has 3 heteroatoms. The molecular weight excluding hydrogens is 262 g/mol. The average molecular weight is 283 g/mol. The molecule has 1 unspecified atom stereocenters. The fourth-order valence-electron chi connectivity index (χ4n) is 2.79. The van der Waals surface area contributed by atoms with E-state index in [2.05, 4.69) is 36.5 Å². The third-order valence-electron chi connectivity index (χ3n) is 3.80. The zero-order valence-corrected chi connectivity index (χ0v) is 12.5. The minimum Gasteiger partial charge on any atom is -0.457 e. The molecule has 0 bridgehead atoms. The smallest absolute Gasteiger partial charge is 0.132 e. The molecule has 0 saturated heterocycles. The van der Waals surface area contributed by atoms with Crippen molar-refractivity contribution in [2.24, 2.45) is 5.92 Å². The van der Waals surface area contributed by atoms with E-state index in [-0.39, 0.29) is 6.04 Å². The van der Waals surface area contributed by atoms with Gasteiger partial charge >= 0.3 is 0 Å². The third-order valence-corrected chi connectivity index (χ3v) is 3.80. The summed E-state index contributed by atoms with van der Waals surface area (Å²) in [5, 5.41) is 3.66. The molecule has 1 atom stereocenters. The molecule has 0 saturated carbocycles. The summed E-state index contributed by atoms with van der Waals surface area (Å²) >= 11 is 0. The van der Waals surface area contributed by atoms with E-state index in [1.54, 1.807) is 7.11 Å². The number of rotatable bonds is 5. The van der Waals surface area contributed by atoms with E-state index in [0.29, 0.717) is 5.92 Å². The van der Waals surface area contributed by atoms with Crippen molar-refractivity contribution < 1.29 is 9.47 Å². The van der Waals surface area contributed by atoms with Crippen molar-refractivity contribution in [2.75, 3.05) is 20.3 Å².